The van der Waals surface area contributed by atoms with Crippen LogP contribution < -0.4 is 14.8 Å². The second kappa shape index (κ2) is 7.91. The number of aryl methyl sites for hydroxylation is 3. The van der Waals surface area contributed by atoms with Crippen molar-refractivity contribution in [2.75, 3.05) is 19.0 Å². The fourth-order valence-electron chi connectivity index (χ4n) is 2.91. The van der Waals surface area contributed by atoms with Gasteiger partial charge in [-0.25, -0.2) is 4.79 Å². The van der Waals surface area contributed by atoms with Gasteiger partial charge in [-0.3, -0.25) is 4.79 Å². The van der Waals surface area contributed by atoms with Crippen LogP contribution >= 0.6 is 0 Å². The van der Waals surface area contributed by atoms with E-state index in [2.05, 4.69) is 5.32 Å². The summed E-state index contributed by atoms with van der Waals surface area (Å²) in [4.78, 5) is 23.3. The maximum absolute atomic E-state index is 12.6. The molecule has 0 aliphatic rings. The highest BCUT2D eigenvalue weighted by molar-refractivity contribution is 6.05. The quantitative estimate of drug-likeness (QED) is 0.824. The molecule has 6 nitrogen and oxygen atoms in total. The summed E-state index contributed by atoms with van der Waals surface area (Å²) in [6.45, 7) is 6.97. The van der Waals surface area contributed by atoms with E-state index < -0.39 is 12.6 Å². The summed E-state index contributed by atoms with van der Waals surface area (Å²) >= 11 is 0. The van der Waals surface area contributed by atoms with Gasteiger partial charge in [0.25, 0.3) is 5.91 Å². The molecule has 6 heteroatoms. The van der Waals surface area contributed by atoms with E-state index in [-0.39, 0.29) is 5.91 Å². The van der Waals surface area contributed by atoms with E-state index in [1.165, 1.54) is 0 Å². The monoisotopic (exact) mass is 357 g/mol. The smallest absolute Gasteiger partial charge is 0.341 e. The van der Waals surface area contributed by atoms with Gasteiger partial charge in [0.1, 0.15) is 11.5 Å². The van der Waals surface area contributed by atoms with E-state index >= 15 is 0 Å². The number of carboxylic acids is 1. The molecular weight excluding hydrogens is 334 g/mol. The molecule has 0 atom stereocenters. The van der Waals surface area contributed by atoms with Crippen LogP contribution in [0.3, 0.4) is 0 Å². The number of ether oxygens (including phenoxy) is 2. The van der Waals surface area contributed by atoms with Crippen LogP contribution in [0.2, 0.25) is 0 Å². The van der Waals surface area contributed by atoms with Gasteiger partial charge in [0.2, 0.25) is 0 Å². The Kier molecular flexibility index (Phi) is 5.87. The molecule has 138 valence electrons. The zero-order valence-electron chi connectivity index (χ0n) is 15.6. The molecule has 26 heavy (non-hydrogen) atoms. The van der Waals surface area contributed by atoms with Crippen LogP contribution in [0, 0.1) is 27.7 Å². The first-order valence-corrected chi connectivity index (χ1v) is 8.16. The van der Waals surface area contributed by atoms with Crippen molar-refractivity contribution in [3.05, 3.63) is 52.1 Å². The Morgan fingerprint density at radius 3 is 2.15 bits per heavy atom. The average Bonchev–Trinajstić information content (AvgIpc) is 2.56. The van der Waals surface area contributed by atoms with Crippen molar-refractivity contribution in [1.82, 2.24) is 0 Å². The van der Waals surface area contributed by atoms with E-state index in [1.54, 1.807) is 33.1 Å². The third-order valence-electron chi connectivity index (χ3n) is 4.12. The highest BCUT2D eigenvalue weighted by Gasteiger charge is 2.15. The van der Waals surface area contributed by atoms with Crippen LogP contribution in [0.1, 0.15) is 32.6 Å². The normalized spacial score (nSPS) is 10.3. The minimum atomic E-state index is -1.05. The van der Waals surface area contributed by atoms with E-state index in [1.807, 2.05) is 26.0 Å². The number of benzene rings is 2. The molecule has 1 amide bonds. The number of carbonyl (C=O) groups excluding carboxylic acids is 1. The number of carboxylic acid groups (broad SMARTS) is 1. The molecule has 0 fully saturated rings. The van der Waals surface area contributed by atoms with Gasteiger partial charge in [-0.15, -0.1) is 0 Å². The van der Waals surface area contributed by atoms with Crippen LogP contribution in [-0.2, 0) is 4.79 Å². The number of methoxy groups -OCH3 is 1. The van der Waals surface area contributed by atoms with Crippen molar-refractivity contribution >= 4 is 17.6 Å². The first-order valence-electron chi connectivity index (χ1n) is 8.16. The highest BCUT2D eigenvalue weighted by atomic mass is 16.5. The van der Waals surface area contributed by atoms with E-state index in [0.29, 0.717) is 28.1 Å². The lowest BCUT2D eigenvalue weighted by molar-refractivity contribution is -0.139. The lowest BCUT2D eigenvalue weighted by atomic mass is 10.0. The van der Waals surface area contributed by atoms with Crippen molar-refractivity contribution < 1.29 is 24.2 Å². The van der Waals surface area contributed by atoms with E-state index in [4.69, 9.17) is 14.6 Å². The van der Waals surface area contributed by atoms with Gasteiger partial charge in [-0.1, -0.05) is 6.07 Å². The van der Waals surface area contributed by atoms with Crippen molar-refractivity contribution in [1.29, 1.82) is 0 Å². The SMILES string of the molecule is COc1c(C)ccc(NC(=O)c2cc(C)c(OCC(=O)O)c(C)c2)c1C. The second-order valence-electron chi connectivity index (χ2n) is 6.16. The molecule has 2 rings (SSSR count). The van der Waals surface area contributed by atoms with Crippen molar-refractivity contribution in [2.45, 2.75) is 27.7 Å². The second-order valence-corrected chi connectivity index (χ2v) is 6.16. The van der Waals surface area contributed by atoms with Crippen LogP contribution in [0.5, 0.6) is 11.5 Å². The number of nitrogens with one attached hydrogen (secondary N) is 1. The average molecular weight is 357 g/mol. The maximum Gasteiger partial charge on any atom is 0.341 e. The number of amides is 1. The van der Waals surface area contributed by atoms with E-state index in [9.17, 15) is 9.59 Å². The molecule has 0 aliphatic carbocycles. The van der Waals surface area contributed by atoms with Gasteiger partial charge >= 0.3 is 5.97 Å². The number of hydrogen-bond donors (Lipinski definition) is 2. The summed E-state index contributed by atoms with van der Waals surface area (Å²) in [7, 11) is 1.60. The van der Waals surface area contributed by atoms with Crippen LogP contribution in [0.4, 0.5) is 5.69 Å². The molecule has 0 saturated heterocycles. The van der Waals surface area contributed by atoms with E-state index in [0.717, 1.165) is 16.9 Å². The summed E-state index contributed by atoms with van der Waals surface area (Å²) in [6, 6.07) is 7.09. The predicted octanol–water partition coefficient (Wildman–Crippen LogP) is 3.64. The maximum atomic E-state index is 12.6. The molecule has 2 N–H and O–H groups in total. The van der Waals surface area contributed by atoms with Gasteiger partial charge in [-0.2, -0.15) is 0 Å². The van der Waals surface area contributed by atoms with Crippen molar-refractivity contribution in [2.24, 2.45) is 0 Å². The molecular formula is C20H23NO5. The van der Waals surface area contributed by atoms with Crippen molar-refractivity contribution in [3.63, 3.8) is 0 Å². The third kappa shape index (κ3) is 4.14. The molecule has 0 aliphatic heterocycles. The fraction of sp³-hybridized carbons (Fsp3) is 0.300. The van der Waals surface area contributed by atoms with Gasteiger partial charge < -0.3 is 19.9 Å². The first-order chi connectivity index (χ1) is 12.2. The summed E-state index contributed by atoms with van der Waals surface area (Å²) < 4.78 is 10.7. The molecule has 0 radical (unpaired) electrons. The Labute approximate surface area is 152 Å². The minimum absolute atomic E-state index is 0.255. The molecule has 0 bridgehead atoms. The molecule has 0 aromatic heterocycles. The largest absolute Gasteiger partial charge is 0.496 e. The molecule has 2 aromatic carbocycles. The number of aliphatic carboxylic acids is 1. The van der Waals surface area contributed by atoms with Gasteiger partial charge in [-0.05, 0) is 62.6 Å². The molecule has 2 aromatic rings. The number of anilines is 1. The fourth-order valence-corrected chi connectivity index (χ4v) is 2.91. The Morgan fingerprint density at radius 1 is 1.00 bits per heavy atom. The summed E-state index contributed by atoms with van der Waals surface area (Å²) in [5.41, 5.74) is 4.41. The Hall–Kier alpha value is -3.02. The van der Waals surface area contributed by atoms with Gasteiger partial charge in [0.15, 0.2) is 6.61 Å². The summed E-state index contributed by atoms with van der Waals surface area (Å²) in [5, 5.41) is 11.7. The lowest BCUT2D eigenvalue weighted by Crippen LogP contribution is -2.15. The van der Waals surface area contributed by atoms with Crippen LogP contribution in [0.25, 0.3) is 0 Å². The predicted molar refractivity (Wildman–Crippen MR) is 99.5 cm³/mol. The number of carbonyl (C=O) groups is 2. The zero-order chi connectivity index (χ0) is 19.4. The Balaban J connectivity index is 2.27. The molecule has 0 saturated carbocycles. The molecule has 0 spiro atoms. The van der Waals surface area contributed by atoms with Gasteiger partial charge in [0.05, 0.1) is 7.11 Å². The highest BCUT2D eigenvalue weighted by Crippen LogP contribution is 2.30. The number of hydrogen-bond acceptors (Lipinski definition) is 4. The topological polar surface area (TPSA) is 84.9 Å². The Bertz CT molecular complexity index is 835. The Morgan fingerprint density at radius 2 is 1.62 bits per heavy atom. The molecule has 0 heterocycles. The van der Waals surface area contributed by atoms with Crippen molar-refractivity contribution in [3.8, 4) is 11.5 Å². The summed E-state index contributed by atoms with van der Waals surface area (Å²) in [6.07, 6.45) is 0. The lowest BCUT2D eigenvalue weighted by Gasteiger charge is -2.15. The van der Waals surface area contributed by atoms with Crippen LogP contribution in [-0.4, -0.2) is 30.7 Å². The number of rotatable bonds is 6. The minimum Gasteiger partial charge on any atom is -0.496 e. The van der Waals surface area contributed by atoms with Crippen LogP contribution in [0.15, 0.2) is 24.3 Å². The van der Waals surface area contributed by atoms with Gasteiger partial charge in [0, 0.05) is 16.8 Å². The standard InChI is InChI=1S/C20H23NO5/c1-11-6-7-16(14(4)19(11)25-5)21-20(24)15-8-12(2)18(13(3)9-15)26-10-17(22)23/h6-9H,10H2,1-5H3,(H,21,24)(H,22,23). The third-order valence-corrected chi connectivity index (χ3v) is 4.12. The zero-order valence-corrected chi connectivity index (χ0v) is 15.6. The summed E-state index contributed by atoms with van der Waals surface area (Å²) in [5.74, 6) is -0.0749. The first kappa shape index (κ1) is 19.3. The molecule has 0 unspecified atom stereocenters.